The van der Waals surface area contributed by atoms with Crippen molar-refractivity contribution in [1.82, 2.24) is 0 Å². The van der Waals surface area contributed by atoms with Gasteiger partial charge in [-0.15, -0.1) is 0 Å². The van der Waals surface area contributed by atoms with E-state index in [1.54, 1.807) is 0 Å². The zero-order valence-corrected chi connectivity index (χ0v) is 29.6. The first kappa shape index (κ1) is 31.6. The Morgan fingerprint density at radius 3 is 1.48 bits per heavy atom. The van der Waals surface area contributed by atoms with Crippen molar-refractivity contribution < 1.29 is 4.42 Å². The molecule has 254 valence electrons. The largest absolute Gasteiger partial charge is 0.456 e. The van der Waals surface area contributed by atoms with Crippen LogP contribution in [0, 0.1) is 0 Å². The van der Waals surface area contributed by atoms with Gasteiger partial charge in [-0.05, 0) is 110 Å². The molecular weight excluding hydrogens is 655 g/mol. The van der Waals surface area contributed by atoms with E-state index in [1.165, 1.54) is 43.8 Å². The van der Waals surface area contributed by atoms with E-state index in [0.29, 0.717) is 0 Å². The van der Waals surface area contributed by atoms with Crippen LogP contribution in [-0.4, -0.2) is 0 Å². The fourth-order valence-electron chi connectivity index (χ4n) is 7.65. The van der Waals surface area contributed by atoms with Crippen LogP contribution < -0.4 is 4.90 Å². The summed E-state index contributed by atoms with van der Waals surface area (Å²) in [5.74, 6) is 0.875. The van der Waals surface area contributed by atoms with Crippen molar-refractivity contribution in [1.29, 1.82) is 0 Å². The molecule has 0 radical (unpaired) electrons. The summed E-state index contributed by atoms with van der Waals surface area (Å²) in [4.78, 5) is 2.35. The second kappa shape index (κ2) is 13.4. The standard InChI is InChI=1S/C52H35NO/c1-2-9-36(10-3-1)37-17-19-38(20-18-37)39-23-27-46(28-24-39)53(48-31-32-50-43(34-48)22-21-41-11-4-6-15-49(41)50)47-29-25-40(26-30-47)42-13-8-14-44(33-42)52-35-45-12-5-7-16-51(45)54-52/h1-35H. The first-order valence-corrected chi connectivity index (χ1v) is 18.4. The molecule has 0 aliphatic carbocycles. The van der Waals surface area contributed by atoms with Gasteiger partial charge in [0.2, 0.25) is 0 Å². The van der Waals surface area contributed by atoms with Crippen molar-refractivity contribution in [3.63, 3.8) is 0 Å². The van der Waals surface area contributed by atoms with Crippen LogP contribution in [0.5, 0.6) is 0 Å². The SMILES string of the molecule is c1ccc(-c2ccc(-c3ccc(N(c4ccc(-c5cccc(-c6cc7ccccc7o6)c5)cc4)c4ccc5c(ccc6ccccc65)c4)cc3)cc2)cc1. The highest BCUT2D eigenvalue weighted by molar-refractivity contribution is 6.08. The predicted octanol–water partition coefficient (Wildman–Crippen LogP) is 14.9. The van der Waals surface area contributed by atoms with E-state index in [4.69, 9.17) is 4.42 Å². The Bertz CT molecular complexity index is 2870. The molecule has 10 rings (SSSR count). The van der Waals surface area contributed by atoms with Crippen molar-refractivity contribution in [2.24, 2.45) is 0 Å². The molecule has 0 N–H and O–H groups in total. The van der Waals surface area contributed by atoms with E-state index in [0.717, 1.165) is 50.5 Å². The maximum absolute atomic E-state index is 6.20. The first-order chi connectivity index (χ1) is 26.7. The topological polar surface area (TPSA) is 16.4 Å². The summed E-state index contributed by atoms with van der Waals surface area (Å²) in [6.07, 6.45) is 0. The van der Waals surface area contributed by atoms with E-state index >= 15 is 0 Å². The first-order valence-electron chi connectivity index (χ1n) is 18.4. The highest BCUT2D eigenvalue weighted by Gasteiger charge is 2.15. The summed E-state index contributed by atoms with van der Waals surface area (Å²) >= 11 is 0. The summed E-state index contributed by atoms with van der Waals surface area (Å²) in [7, 11) is 0. The molecule has 0 bridgehead atoms. The van der Waals surface area contributed by atoms with Gasteiger partial charge in [0.15, 0.2) is 0 Å². The number of nitrogens with zero attached hydrogens (tertiary/aromatic N) is 1. The molecule has 1 aromatic heterocycles. The minimum Gasteiger partial charge on any atom is -0.456 e. The molecule has 54 heavy (non-hydrogen) atoms. The van der Waals surface area contributed by atoms with Gasteiger partial charge >= 0.3 is 0 Å². The van der Waals surface area contributed by atoms with Gasteiger partial charge in [-0.25, -0.2) is 0 Å². The van der Waals surface area contributed by atoms with Crippen LogP contribution in [0.1, 0.15) is 0 Å². The fourth-order valence-corrected chi connectivity index (χ4v) is 7.65. The molecule has 0 aliphatic rings. The lowest BCUT2D eigenvalue weighted by Gasteiger charge is -2.26. The molecule has 0 amide bonds. The third-order valence-corrected chi connectivity index (χ3v) is 10.5. The quantitative estimate of drug-likeness (QED) is 0.155. The van der Waals surface area contributed by atoms with Gasteiger partial charge in [0, 0.05) is 28.0 Å². The molecule has 0 aliphatic heterocycles. The van der Waals surface area contributed by atoms with E-state index in [1.807, 2.05) is 18.2 Å². The molecule has 9 aromatic carbocycles. The Kier molecular flexibility index (Phi) is 7.85. The normalized spacial score (nSPS) is 11.3. The maximum Gasteiger partial charge on any atom is 0.135 e. The van der Waals surface area contributed by atoms with E-state index in [9.17, 15) is 0 Å². The Hall–Kier alpha value is -7.16. The molecule has 2 heteroatoms. The van der Waals surface area contributed by atoms with Gasteiger partial charge in [-0.1, -0.05) is 158 Å². The average molecular weight is 690 g/mol. The number of benzene rings is 9. The lowest BCUT2D eigenvalue weighted by atomic mass is 9.99. The third kappa shape index (κ3) is 5.90. The van der Waals surface area contributed by atoms with Gasteiger partial charge < -0.3 is 9.32 Å². The second-order valence-electron chi connectivity index (χ2n) is 13.8. The average Bonchev–Trinajstić information content (AvgIpc) is 3.69. The monoisotopic (exact) mass is 689 g/mol. The number of anilines is 3. The minimum absolute atomic E-state index is 0.875. The van der Waals surface area contributed by atoms with E-state index in [2.05, 4.69) is 199 Å². The van der Waals surface area contributed by atoms with Gasteiger partial charge in [0.25, 0.3) is 0 Å². The number of hydrogen-bond donors (Lipinski definition) is 0. The van der Waals surface area contributed by atoms with E-state index < -0.39 is 0 Å². The Morgan fingerprint density at radius 1 is 0.278 bits per heavy atom. The molecule has 0 spiro atoms. The smallest absolute Gasteiger partial charge is 0.135 e. The van der Waals surface area contributed by atoms with Crippen molar-refractivity contribution >= 4 is 49.6 Å². The van der Waals surface area contributed by atoms with Crippen LogP contribution in [0.3, 0.4) is 0 Å². The molecule has 0 saturated heterocycles. The van der Waals surface area contributed by atoms with Gasteiger partial charge in [0.05, 0.1) is 0 Å². The zero-order chi connectivity index (χ0) is 35.8. The molecule has 0 atom stereocenters. The summed E-state index contributed by atoms with van der Waals surface area (Å²) in [5.41, 5.74) is 12.4. The van der Waals surface area contributed by atoms with Crippen LogP contribution in [-0.2, 0) is 0 Å². The molecular formula is C52H35NO. The van der Waals surface area contributed by atoms with Gasteiger partial charge in [-0.3, -0.25) is 0 Å². The van der Waals surface area contributed by atoms with Crippen LogP contribution in [0.2, 0.25) is 0 Å². The van der Waals surface area contributed by atoms with Crippen LogP contribution >= 0.6 is 0 Å². The minimum atomic E-state index is 0.875. The van der Waals surface area contributed by atoms with Crippen molar-refractivity contribution in [3.05, 3.63) is 212 Å². The second-order valence-corrected chi connectivity index (χ2v) is 13.8. The van der Waals surface area contributed by atoms with Crippen molar-refractivity contribution in [2.45, 2.75) is 0 Å². The number of fused-ring (bicyclic) bond motifs is 4. The van der Waals surface area contributed by atoms with Crippen molar-refractivity contribution in [2.75, 3.05) is 4.90 Å². The van der Waals surface area contributed by atoms with Gasteiger partial charge in [-0.2, -0.15) is 0 Å². The summed E-state index contributed by atoms with van der Waals surface area (Å²) in [6.45, 7) is 0. The number of para-hydroxylation sites is 1. The zero-order valence-electron chi connectivity index (χ0n) is 29.6. The number of furan rings is 1. The van der Waals surface area contributed by atoms with Crippen molar-refractivity contribution in [3.8, 4) is 44.7 Å². The highest BCUT2D eigenvalue weighted by atomic mass is 16.3. The fraction of sp³-hybridized carbons (Fsp3) is 0. The lowest BCUT2D eigenvalue weighted by Crippen LogP contribution is -2.09. The Labute approximate surface area is 314 Å². The number of rotatable bonds is 7. The van der Waals surface area contributed by atoms with E-state index in [-0.39, 0.29) is 0 Å². The van der Waals surface area contributed by atoms with Gasteiger partial charge in [0.1, 0.15) is 11.3 Å². The maximum atomic E-state index is 6.20. The summed E-state index contributed by atoms with van der Waals surface area (Å²) in [5, 5.41) is 6.10. The third-order valence-electron chi connectivity index (χ3n) is 10.5. The highest BCUT2D eigenvalue weighted by Crippen LogP contribution is 2.40. The lowest BCUT2D eigenvalue weighted by molar-refractivity contribution is 0.631. The predicted molar refractivity (Wildman–Crippen MR) is 228 cm³/mol. The Morgan fingerprint density at radius 2 is 0.778 bits per heavy atom. The molecule has 2 nitrogen and oxygen atoms in total. The molecule has 0 saturated carbocycles. The molecule has 1 heterocycles. The molecule has 0 unspecified atom stereocenters. The van der Waals surface area contributed by atoms with Crippen LogP contribution in [0.25, 0.3) is 77.2 Å². The van der Waals surface area contributed by atoms with Crippen LogP contribution in [0.15, 0.2) is 217 Å². The van der Waals surface area contributed by atoms with Crippen LogP contribution in [0.4, 0.5) is 17.1 Å². The molecule has 0 fully saturated rings. The molecule has 10 aromatic rings. The Balaban J connectivity index is 1.01. The summed E-state index contributed by atoms with van der Waals surface area (Å²) in [6, 6.07) is 75.9. The number of hydrogen-bond acceptors (Lipinski definition) is 2. The summed E-state index contributed by atoms with van der Waals surface area (Å²) < 4.78 is 6.20.